The van der Waals surface area contributed by atoms with Crippen LogP contribution in [0.25, 0.3) is 0 Å². The quantitative estimate of drug-likeness (QED) is 0.821. The maximum Gasteiger partial charge on any atom is 0.252 e. The van der Waals surface area contributed by atoms with E-state index in [1.807, 2.05) is 30.5 Å². The first kappa shape index (κ1) is 13.4. The van der Waals surface area contributed by atoms with E-state index in [1.54, 1.807) is 11.8 Å². The summed E-state index contributed by atoms with van der Waals surface area (Å²) < 4.78 is 0. The Bertz CT molecular complexity index is 422. The third kappa shape index (κ3) is 3.27. The number of amides is 1. The topological polar surface area (TPSA) is 49.3 Å². The van der Waals surface area contributed by atoms with Gasteiger partial charge in [-0.25, -0.2) is 0 Å². The van der Waals surface area contributed by atoms with Gasteiger partial charge in [0.15, 0.2) is 0 Å². The van der Waals surface area contributed by atoms with E-state index in [4.69, 9.17) is 0 Å². The minimum atomic E-state index is -0.176. The predicted octanol–water partition coefficient (Wildman–Crippen LogP) is 2.30. The molecule has 2 atom stereocenters. The first-order valence-corrected chi connectivity index (χ1v) is 7.52. The van der Waals surface area contributed by atoms with E-state index in [2.05, 4.69) is 5.32 Å². The van der Waals surface area contributed by atoms with Crippen LogP contribution in [0, 0.1) is 5.92 Å². The molecule has 0 aliphatic heterocycles. The Morgan fingerprint density at radius 1 is 1.44 bits per heavy atom. The molecule has 1 amide bonds. The van der Waals surface area contributed by atoms with Gasteiger partial charge in [-0.15, -0.1) is 11.8 Å². The van der Waals surface area contributed by atoms with Crippen molar-refractivity contribution < 1.29 is 9.90 Å². The van der Waals surface area contributed by atoms with E-state index in [0.717, 1.165) is 29.7 Å². The molecule has 0 bridgehead atoms. The third-order valence-electron chi connectivity index (χ3n) is 3.42. The Morgan fingerprint density at radius 3 is 2.89 bits per heavy atom. The van der Waals surface area contributed by atoms with Gasteiger partial charge < -0.3 is 10.4 Å². The summed E-state index contributed by atoms with van der Waals surface area (Å²) in [6, 6.07) is 7.63. The zero-order valence-electron chi connectivity index (χ0n) is 10.6. The lowest BCUT2D eigenvalue weighted by Gasteiger charge is -2.12. The summed E-state index contributed by atoms with van der Waals surface area (Å²) in [7, 11) is 0. The number of aliphatic hydroxyl groups is 1. The largest absolute Gasteiger partial charge is 0.393 e. The fourth-order valence-corrected chi connectivity index (χ4v) is 2.99. The highest BCUT2D eigenvalue weighted by molar-refractivity contribution is 7.98. The lowest BCUT2D eigenvalue weighted by Crippen LogP contribution is -2.29. The molecule has 1 aliphatic carbocycles. The first-order chi connectivity index (χ1) is 8.70. The second-order valence-electron chi connectivity index (χ2n) is 4.74. The number of carbonyl (C=O) groups excluding carboxylic acids is 1. The lowest BCUT2D eigenvalue weighted by molar-refractivity contribution is 0.0942. The molecule has 1 aromatic rings. The van der Waals surface area contributed by atoms with Crippen molar-refractivity contribution >= 4 is 17.7 Å². The van der Waals surface area contributed by atoms with E-state index in [0.29, 0.717) is 12.5 Å². The second-order valence-corrected chi connectivity index (χ2v) is 5.59. The molecular formula is C14H19NO2S. The van der Waals surface area contributed by atoms with Crippen LogP contribution in [0.4, 0.5) is 0 Å². The molecule has 3 nitrogen and oxygen atoms in total. The lowest BCUT2D eigenvalue weighted by atomic mass is 10.1. The van der Waals surface area contributed by atoms with E-state index < -0.39 is 0 Å². The normalized spacial score (nSPS) is 23.0. The number of hydrogen-bond donors (Lipinski definition) is 2. The number of hydrogen-bond acceptors (Lipinski definition) is 3. The monoisotopic (exact) mass is 265 g/mol. The highest BCUT2D eigenvalue weighted by Gasteiger charge is 2.23. The number of benzene rings is 1. The molecule has 1 aromatic carbocycles. The van der Waals surface area contributed by atoms with Gasteiger partial charge in [-0.3, -0.25) is 4.79 Å². The van der Waals surface area contributed by atoms with Gasteiger partial charge in [-0.2, -0.15) is 0 Å². The van der Waals surface area contributed by atoms with Gasteiger partial charge >= 0.3 is 0 Å². The second kappa shape index (κ2) is 6.25. The van der Waals surface area contributed by atoms with E-state index in [-0.39, 0.29) is 12.0 Å². The molecule has 2 rings (SSSR count). The Morgan fingerprint density at radius 2 is 2.22 bits per heavy atom. The summed E-state index contributed by atoms with van der Waals surface area (Å²) in [5, 5.41) is 12.4. The van der Waals surface area contributed by atoms with Crippen LogP contribution in [0.15, 0.2) is 29.2 Å². The number of aliphatic hydroxyl groups excluding tert-OH is 1. The van der Waals surface area contributed by atoms with Crippen molar-refractivity contribution in [2.45, 2.75) is 30.3 Å². The van der Waals surface area contributed by atoms with E-state index in [9.17, 15) is 9.90 Å². The molecule has 0 heterocycles. The summed E-state index contributed by atoms with van der Waals surface area (Å²) in [6.45, 7) is 0.665. The van der Waals surface area contributed by atoms with Crippen LogP contribution in [-0.2, 0) is 0 Å². The Kier molecular flexibility index (Phi) is 4.66. The van der Waals surface area contributed by atoms with Crippen molar-refractivity contribution in [2.24, 2.45) is 5.92 Å². The maximum absolute atomic E-state index is 12.1. The fraction of sp³-hybridized carbons (Fsp3) is 0.500. The molecule has 0 spiro atoms. The Balaban J connectivity index is 1.91. The number of thioether (sulfide) groups is 1. The summed E-state index contributed by atoms with van der Waals surface area (Å²) in [6.07, 6.45) is 4.47. The van der Waals surface area contributed by atoms with E-state index >= 15 is 0 Å². The zero-order chi connectivity index (χ0) is 13.0. The van der Waals surface area contributed by atoms with Crippen LogP contribution in [0.1, 0.15) is 29.6 Å². The standard InChI is InChI=1S/C14H19NO2S/c1-18-13-5-3-2-4-12(13)14(17)15-9-10-6-7-11(16)8-10/h2-5,10-11,16H,6-9H2,1H3,(H,15,17). The smallest absolute Gasteiger partial charge is 0.252 e. The Labute approximate surface area is 112 Å². The Hall–Kier alpha value is -1.00. The molecule has 2 unspecified atom stereocenters. The SMILES string of the molecule is CSc1ccccc1C(=O)NCC1CCC(O)C1. The average molecular weight is 265 g/mol. The molecule has 0 saturated heterocycles. The molecule has 1 fully saturated rings. The molecule has 18 heavy (non-hydrogen) atoms. The molecule has 4 heteroatoms. The molecule has 2 N–H and O–H groups in total. The van der Waals surface area contributed by atoms with Crippen LogP contribution in [0.5, 0.6) is 0 Å². The van der Waals surface area contributed by atoms with Crippen LogP contribution < -0.4 is 5.32 Å². The van der Waals surface area contributed by atoms with Gasteiger partial charge in [0.1, 0.15) is 0 Å². The van der Waals surface area contributed by atoms with Crippen LogP contribution in [-0.4, -0.2) is 29.9 Å². The summed E-state index contributed by atoms with van der Waals surface area (Å²) in [4.78, 5) is 13.1. The van der Waals surface area contributed by atoms with Crippen LogP contribution in [0.2, 0.25) is 0 Å². The average Bonchev–Trinajstić information content (AvgIpc) is 2.81. The third-order valence-corrected chi connectivity index (χ3v) is 4.21. The molecule has 0 aromatic heterocycles. The number of carbonyl (C=O) groups is 1. The molecule has 98 valence electrons. The summed E-state index contributed by atoms with van der Waals surface area (Å²) in [5.74, 6) is 0.409. The summed E-state index contributed by atoms with van der Waals surface area (Å²) in [5.41, 5.74) is 0.739. The summed E-state index contributed by atoms with van der Waals surface area (Å²) >= 11 is 1.58. The maximum atomic E-state index is 12.1. The minimum absolute atomic E-state index is 0.0126. The fourth-order valence-electron chi connectivity index (χ4n) is 2.40. The molecule has 0 radical (unpaired) electrons. The van der Waals surface area contributed by atoms with Gasteiger partial charge in [0.25, 0.3) is 5.91 Å². The number of nitrogens with one attached hydrogen (secondary N) is 1. The first-order valence-electron chi connectivity index (χ1n) is 6.30. The van der Waals surface area contributed by atoms with Crippen LogP contribution in [0.3, 0.4) is 0 Å². The van der Waals surface area contributed by atoms with Crippen molar-refractivity contribution in [1.29, 1.82) is 0 Å². The van der Waals surface area contributed by atoms with Crippen molar-refractivity contribution in [3.63, 3.8) is 0 Å². The van der Waals surface area contributed by atoms with Crippen molar-refractivity contribution in [3.05, 3.63) is 29.8 Å². The van der Waals surface area contributed by atoms with Gasteiger partial charge in [0, 0.05) is 11.4 Å². The van der Waals surface area contributed by atoms with Crippen molar-refractivity contribution in [3.8, 4) is 0 Å². The van der Waals surface area contributed by atoms with Crippen molar-refractivity contribution in [1.82, 2.24) is 5.32 Å². The highest BCUT2D eigenvalue weighted by atomic mass is 32.2. The van der Waals surface area contributed by atoms with Gasteiger partial charge in [-0.05, 0) is 43.6 Å². The predicted molar refractivity (Wildman–Crippen MR) is 73.9 cm³/mol. The molecular weight excluding hydrogens is 246 g/mol. The number of rotatable bonds is 4. The van der Waals surface area contributed by atoms with Crippen molar-refractivity contribution in [2.75, 3.05) is 12.8 Å². The molecule has 1 saturated carbocycles. The zero-order valence-corrected chi connectivity index (χ0v) is 11.4. The van der Waals surface area contributed by atoms with Crippen LogP contribution >= 0.6 is 11.8 Å². The molecule has 1 aliphatic rings. The van der Waals surface area contributed by atoms with Gasteiger partial charge in [0.05, 0.1) is 11.7 Å². The van der Waals surface area contributed by atoms with Gasteiger partial charge in [0.2, 0.25) is 0 Å². The van der Waals surface area contributed by atoms with Gasteiger partial charge in [-0.1, -0.05) is 12.1 Å². The minimum Gasteiger partial charge on any atom is -0.393 e. The highest BCUT2D eigenvalue weighted by Crippen LogP contribution is 2.25. The van der Waals surface area contributed by atoms with E-state index in [1.165, 1.54) is 0 Å².